The van der Waals surface area contributed by atoms with Crippen molar-refractivity contribution in [2.45, 2.75) is 0 Å². The summed E-state index contributed by atoms with van der Waals surface area (Å²) >= 11 is 2.85. The molecule has 42 valence electrons. The number of hydrogen-bond acceptors (Lipinski definition) is 2. The molecule has 1 rings (SSSR count). The van der Waals surface area contributed by atoms with Crippen molar-refractivity contribution in [3.63, 3.8) is 0 Å². The van der Waals surface area contributed by atoms with Crippen molar-refractivity contribution >= 4 is 15.9 Å². The number of aromatic nitrogens is 2. The van der Waals surface area contributed by atoms with Gasteiger partial charge in [-0.25, -0.2) is 9.97 Å². The van der Waals surface area contributed by atoms with E-state index in [0.717, 1.165) is 0 Å². The van der Waals surface area contributed by atoms with Crippen LogP contribution in [-0.2, 0) is 0 Å². The molecular formula is C4H2BrFN2. The molecule has 0 spiro atoms. The zero-order valence-electron chi connectivity index (χ0n) is 5.65. The van der Waals surface area contributed by atoms with Crippen LogP contribution in [0.3, 0.4) is 0 Å². The first-order valence-corrected chi connectivity index (χ1v) is 2.57. The molecule has 0 unspecified atom stereocenters. The number of hydrogen-bond donors (Lipinski definition) is 0. The fourth-order valence-electron chi connectivity index (χ4n) is 0.240. The maximum atomic E-state index is 12.1. The second-order valence-corrected chi connectivity index (χ2v) is 1.82. The van der Waals surface area contributed by atoms with Crippen LogP contribution in [0.5, 0.6) is 0 Å². The summed E-state index contributed by atoms with van der Waals surface area (Å²) in [7, 11) is 0. The molecule has 0 radical (unpaired) electrons. The van der Waals surface area contributed by atoms with E-state index in [9.17, 15) is 4.39 Å². The third kappa shape index (κ3) is 1.23. The van der Waals surface area contributed by atoms with Crippen molar-refractivity contribution in [2.24, 2.45) is 0 Å². The number of nitrogens with zero attached hydrogens (tertiary/aromatic N) is 2. The highest BCUT2D eigenvalue weighted by Crippen LogP contribution is 2.02. The van der Waals surface area contributed by atoms with Gasteiger partial charge in [0.05, 0.1) is 7.21 Å². The van der Waals surface area contributed by atoms with Crippen molar-refractivity contribution in [3.8, 4) is 0 Å². The Morgan fingerprint density at radius 2 is 2.12 bits per heavy atom. The Labute approximate surface area is 56.7 Å². The van der Waals surface area contributed by atoms with Crippen molar-refractivity contribution in [3.05, 3.63) is 22.9 Å². The van der Waals surface area contributed by atoms with Gasteiger partial charge in [0.2, 0.25) is 0 Å². The van der Waals surface area contributed by atoms with Gasteiger partial charge in [-0.3, -0.25) is 0 Å². The Balaban J connectivity index is 3.31. The maximum absolute atomic E-state index is 12.1. The first kappa shape index (κ1) is 3.50. The molecule has 0 N–H and O–H groups in total. The monoisotopic (exact) mass is 178 g/mol. The van der Waals surface area contributed by atoms with Crippen LogP contribution in [0, 0.1) is 6.08 Å². The van der Waals surface area contributed by atoms with E-state index in [2.05, 4.69) is 25.9 Å². The van der Waals surface area contributed by atoms with Gasteiger partial charge >= 0.3 is 6.08 Å². The third-order valence-corrected chi connectivity index (χ3v) is 0.847. The molecule has 0 aliphatic carbocycles. The molecule has 0 aliphatic rings. The van der Waals surface area contributed by atoms with Gasteiger partial charge in [-0.05, 0) is 15.9 Å². The molecule has 0 atom stereocenters. The van der Waals surface area contributed by atoms with E-state index in [1.807, 2.05) is 0 Å². The van der Waals surface area contributed by atoms with Crippen molar-refractivity contribution in [1.29, 1.82) is 0 Å². The normalized spacial score (nSPS) is 12.8. The molecule has 1 heterocycles. The standard InChI is InChI=1S/C4H2BrFN2/c5-3-1-7-4(6)8-2-3/h1-2H/i1D,2D. The SMILES string of the molecule is [2H]c1nc(F)nc([2H])c1Br. The highest BCUT2D eigenvalue weighted by atomic mass is 79.9. The summed E-state index contributed by atoms with van der Waals surface area (Å²) in [6.45, 7) is 0. The van der Waals surface area contributed by atoms with Gasteiger partial charge in [0.15, 0.2) is 0 Å². The average Bonchev–Trinajstić information content (AvgIpc) is 1.82. The second kappa shape index (κ2) is 2.17. The number of halogens is 2. The van der Waals surface area contributed by atoms with E-state index in [1.54, 1.807) is 0 Å². The lowest BCUT2D eigenvalue weighted by Crippen LogP contribution is -1.84. The van der Waals surface area contributed by atoms with Gasteiger partial charge in [0.25, 0.3) is 0 Å². The van der Waals surface area contributed by atoms with Crippen LogP contribution in [0.4, 0.5) is 4.39 Å². The van der Waals surface area contributed by atoms with Crippen LogP contribution in [0.15, 0.2) is 16.8 Å². The fourth-order valence-corrected chi connectivity index (χ4v) is 0.418. The van der Waals surface area contributed by atoms with E-state index in [4.69, 9.17) is 2.74 Å². The lowest BCUT2D eigenvalue weighted by molar-refractivity contribution is 0.537. The summed E-state index contributed by atoms with van der Waals surface area (Å²) in [5.41, 5.74) is 0. The topological polar surface area (TPSA) is 25.8 Å². The first-order valence-electron chi connectivity index (χ1n) is 2.77. The molecular weight excluding hydrogens is 175 g/mol. The zero-order valence-corrected chi connectivity index (χ0v) is 5.24. The largest absolute Gasteiger partial charge is 0.308 e. The molecule has 0 bridgehead atoms. The summed E-state index contributed by atoms with van der Waals surface area (Å²) in [6, 6.07) is 0. The number of rotatable bonds is 0. The molecule has 0 aliphatic heterocycles. The minimum absolute atomic E-state index is 0.105. The van der Waals surface area contributed by atoms with Gasteiger partial charge in [-0.1, -0.05) is 0 Å². The van der Waals surface area contributed by atoms with Gasteiger partial charge in [0.1, 0.15) is 0 Å². The van der Waals surface area contributed by atoms with Crippen LogP contribution in [-0.4, -0.2) is 9.97 Å². The maximum Gasteiger partial charge on any atom is 0.308 e. The first-order chi connectivity index (χ1) is 4.61. The predicted octanol–water partition coefficient (Wildman–Crippen LogP) is 1.38. The molecule has 0 fully saturated rings. The quantitative estimate of drug-likeness (QED) is 0.562. The van der Waals surface area contributed by atoms with Crippen molar-refractivity contribution in [2.75, 3.05) is 0 Å². The summed E-state index contributed by atoms with van der Waals surface area (Å²) in [6.07, 6.45) is -1.66. The third-order valence-electron chi connectivity index (χ3n) is 0.493. The summed E-state index contributed by atoms with van der Waals surface area (Å²) in [4.78, 5) is 6.11. The summed E-state index contributed by atoms with van der Waals surface area (Å²) in [5, 5.41) is 0. The van der Waals surface area contributed by atoms with Crippen LogP contribution in [0.1, 0.15) is 2.74 Å². The van der Waals surface area contributed by atoms with Crippen molar-refractivity contribution < 1.29 is 7.13 Å². The van der Waals surface area contributed by atoms with Crippen LogP contribution in [0.2, 0.25) is 0 Å². The van der Waals surface area contributed by atoms with Gasteiger partial charge in [0, 0.05) is 12.3 Å². The van der Waals surface area contributed by atoms with E-state index in [1.165, 1.54) is 0 Å². The van der Waals surface area contributed by atoms with Crippen LogP contribution < -0.4 is 0 Å². The predicted molar refractivity (Wildman–Crippen MR) is 29.7 cm³/mol. The van der Waals surface area contributed by atoms with E-state index in [0.29, 0.717) is 0 Å². The molecule has 1 aromatic rings. The van der Waals surface area contributed by atoms with E-state index >= 15 is 0 Å². The van der Waals surface area contributed by atoms with Gasteiger partial charge in [-0.15, -0.1) is 0 Å². The second-order valence-electron chi connectivity index (χ2n) is 1.03. The minimum atomic E-state index is -1.04. The molecule has 0 saturated heterocycles. The fraction of sp³-hybridized carbons (Fsp3) is 0. The molecule has 0 aromatic carbocycles. The summed E-state index contributed by atoms with van der Waals surface area (Å²) in [5.74, 6) is 0. The Bertz CT molecular complexity index is 244. The Morgan fingerprint density at radius 1 is 1.62 bits per heavy atom. The minimum Gasteiger partial charge on any atom is -0.210 e. The summed E-state index contributed by atoms with van der Waals surface area (Å²) < 4.78 is 26.1. The van der Waals surface area contributed by atoms with Crippen LogP contribution in [0.25, 0.3) is 0 Å². The van der Waals surface area contributed by atoms with E-state index in [-0.39, 0.29) is 16.8 Å². The smallest absolute Gasteiger partial charge is 0.210 e. The molecule has 2 nitrogen and oxygen atoms in total. The Kier molecular flexibility index (Phi) is 0.951. The average molecular weight is 179 g/mol. The Morgan fingerprint density at radius 3 is 2.62 bits per heavy atom. The molecule has 4 heteroatoms. The molecule has 0 amide bonds. The van der Waals surface area contributed by atoms with Crippen molar-refractivity contribution in [1.82, 2.24) is 9.97 Å². The Hall–Kier alpha value is -0.510. The lowest BCUT2D eigenvalue weighted by atomic mass is 10.7. The van der Waals surface area contributed by atoms with E-state index < -0.39 is 6.08 Å². The molecule has 0 saturated carbocycles. The molecule has 8 heavy (non-hydrogen) atoms. The van der Waals surface area contributed by atoms with Gasteiger partial charge in [-0.2, -0.15) is 4.39 Å². The highest BCUT2D eigenvalue weighted by Gasteiger charge is 1.88. The zero-order chi connectivity index (χ0) is 7.72. The highest BCUT2D eigenvalue weighted by molar-refractivity contribution is 9.10. The van der Waals surface area contributed by atoms with Crippen LogP contribution >= 0.6 is 15.9 Å². The lowest BCUT2D eigenvalue weighted by Gasteiger charge is -1.83. The molecule has 1 aromatic heterocycles. The van der Waals surface area contributed by atoms with Gasteiger partial charge < -0.3 is 0 Å².